The largest absolute Gasteiger partial charge is 0.346 e. The monoisotopic (exact) mass is 761 g/mol. The topological polar surface area (TPSA) is 171 Å². The number of halogens is 2. The molecule has 4 atom stereocenters. The van der Waals surface area contributed by atoms with Crippen LogP contribution in [-0.2, 0) is 29.0 Å². The van der Waals surface area contributed by atoms with Crippen molar-refractivity contribution >= 4 is 62.6 Å². The minimum absolute atomic E-state index is 0.0192. The molecule has 284 valence electrons. The molecule has 2 aliphatic carbocycles. The third-order valence-electron chi connectivity index (χ3n) is 10.1. The number of piperidine rings is 1. The highest BCUT2D eigenvalue weighted by molar-refractivity contribution is 7.92. The lowest BCUT2D eigenvalue weighted by Gasteiger charge is -2.46. The van der Waals surface area contributed by atoms with Gasteiger partial charge >= 0.3 is 6.03 Å². The first-order chi connectivity index (χ1) is 22.9. The molecule has 2 saturated carbocycles. The van der Waals surface area contributed by atoms with Crippen LogP contribution in [0, 0.1) is 17.3 Å². The van der Waals surface area contributed by atoms with Gasteiger partial charge in [0.15, 0.2) is 9.84 Å². The molecule has 0 bridgehead atoms. The van der Waals surface area contributed by atoms with E-state index in [1.807, 2.05) is 0 Å². The van der Waals surface area contributed by atoms with Gasteiger partial charge in [0.25, 0.3) is 5.91 Å². The highest BCUT2D eigenvalue weighted by Gasteiger charge is 2.51. The van der Waals surface area contributed by atoms with Gasteiger partial charge in [0.2, 0.25) is 17.6 Å². The molecule has 50 heavy (non-hydrogen) atoms. The van der Waals surface area contributed by atoms with Crippen molar-refractivity contribution in [3.63, 3.8) is 0 Å². The summed E-state index contributed by atoms with van der Waals surface area (Å²) in [6.07, 6.45) is 6.70. The minimum Gasteiger partial charge on any atom is -0.346 e. The maximum absolute atomic E-state index is 14.5. The van der Waals surface area contributed by atoms with E-state index in [0.717, 1.165) is 32.1 Å². The Labute approximate surface area is 307 Å². The normalized spacial score (nSPS) is 23.5. The fourth-order valence-corrected chi connectivity index (χ4v) is 8.49. The predicted molar refractivity (Wildman–Crippen MR) is 195 cm³/mol. The van der Waals surface area contributed by atoms with E-state index in [-0.39, 0.29) is 37.6 Å². The number of hydrogen-bond acceptors (Lipinski definition) is 7. The van der Waals surface area contributed by atoms with Gasteiger partial charge in [-0.2, -0.15) is 0 Å². The molecule has 0 aromatic heterocycles. The average molecular weight is 763 g/mol. The first-order valence-electron chi connectivity index (χ1n) is 17.7. The quantitative estimate of drug-likeness (QED) is 0.124. The number of hydrogen-bond donors (Lipinski definition) is 4. The lowest BCUT2D eigenvalue weighted by atomic mass is 9.82. The summed E-state index contributed by atoms with van der Waals surface area (Å²) < 4.78 is 24.2. The Kier molecular flexibility index (Phi) is 13.5. The number of Topliss-reactive ketones (excluding diaryl/α,β-unsaturated/α-hetero) is 1. The molecule has 4 N–H and O–H groups in total. The molecule has 5 amide bonds. The van der Waals surface area contributed by atoms with Crippen LogP contribution in [0.3, 0.4) is 0 Å². The highest BCUT2D eigenvalue weighted by atomic mass is 35.5. The number of rotatable bonds is 13. The van der Waals surface area contributed by atoms with Crippen LogP contribution in [0.2, 0.25) is 0 Å². The number of ketones is 1. The van der Waals surface area contributed by atoms with Gasteiger partial charge in [0.05, 0.1) is 22.1 Å². The summed E-state index contributed by atoms with van der Waals surface area (Å²) in [5.41, 5.74) is -1.85. The number of nitrogens with zero attached hydrogens (tertiary/aromatic N) is 1. The maximum atomic E-state index is 14.5. The van der Waals surface area contributed by atoms with Crippen molar-refractivity contribution in [3.8, 4) is 0 Å². The molecule has 1 heterocycles. The van der Waals surface area contributed by atoms with Gasteiger partial charge in [-0.3, -0.25) is 19.2 Å². The van der Waals surface area contributed by atoms with E-state index in [0.29, 0.717) is 12.8 Å². The molecule has 0 aromatic rings. The number of sulfone groups is 1. The van der Waals surface area contributed by atoms with Crippen LogP contribution in [-0.4, -0.2) is 94.4 Å². The third kappa shape index (κ3) is 10.8. The molecular formula is C35H57Cl2N5O7S. The van der Waals surface area contributed by atoms with E-state index in [1.54, 1.807) is 48.5 Å². The van der Waals surface area contributed by atoms with Crippen molar-refractivity contribution < 1.29 is 32.4 Å². The van der Waals surface area contributed by atoms with Gasteiger partial charge < -0.3 is 26.2 Å². The molecular weight excluding hydrogens is 705 g/mol. The first-order valence-corrected chi connectivity index (χ1v) is 20.1. The molecule has 15 heteroatoms. The zero-order chi connectivity index (χ0) is 37.9. The lowest BCUT2D eigenvalue weighted by molar-refractivity contribution is -0.148. The SMILES string of the molecule is C=CCNC(=O)C(=O)C(CC1CC1)NC(=O)[C@@H]1CC(Cl)(Cl)C(C)CN1C(=O)[C@@H](NC(=O)NC1(CS(=O)(=O)C(C)(C)C)CCCCC1)C(C)(C)C. The minimum atomic E-state index is -3.60. The number of alkyl halides is 2. The molecule has 3 fully saturated rings. The van der Waals surface area contributed by atoms with Crippen LogP contribution >= 0.6 is 23.2 Å². The second kappa shape index (κ2) is 16.1. The van der Waals surface area contributed by atoms with Crippen LogP contribution in [0.15, 0.2) is 12.7 Å². The van der Waals surface area contributed by atoms with Crippen LogP contribution in [0.25, 0.3) is 0 Å². The van der Waals surface area contributed by atoms with Crippen molar-refractivity contribution in [1.29, 1.82) is 0 Å². The van der Waals surface area contributed by atoms with Crippen molar-refractivity contribution in [1.82, 2.24) is 26.2 Å². The average Bonchev–Trinajstić information content (AvgIpc) is 3.81. The van der Waals surface area contributed by atoms with Gasteiger partial charge in [-0.1, -0.05) is 65.9 Å². The predicted octanol–water partition coefficient (Wildman–Crippen LogP) is 4.18. The Morgan fingerprint density at radius 3 is 2.10 bits per heavy atom. The number of likely N-dealkylation sites (tertiary alicyclic amines) is 1. The molecule has 3 aliphatic rings. The van der Waals surface area contributed by atoms with Gasteiger partial charge in [-0.15, -0.1) is 29.8 Å². The van der Waals surface area contributed by atoms with Gasteiger partial charge in [-0.05, 0) is 51.4 Å². The van der Waals surface area contributed by atoms with E-state index in [1.165, 1.54) is 11.0 Å². The molecule has 2 unspecified atom stereocenters. The summed E-state index contributed by atoms with van der Waals surface area (Å²) in [7, 11) is -3.60. The lowest BCUT2D eigenvalue weighted by Crippen LogP contribution is -2.66. The Bertz CT molecular complexity index is 1410. The van der Waals surface area contributed by atoms with Crippen molar-refractivity contribution in [3.05, 3.63) is 12.7 Å². The summed E-state index contributed by atoms with van der Waals surface area (Å²) in [6, 6.07) is -4.15. The molecule has 12 nitrogen and oxygen atoms in total. The Morgan fingerprint density at radius 1 is 0.980 bits per heavy atom. The number of carbonyl (C=O) groups is 5. The summed E-state index contributed by atoms with van der Waals surface area (Å²) >= 11 is 13.3. The summed E-state index contributed by atoms with van der Waals surface area (Å²) in [5, 5.41) is 11.0. The van der Waals surface area contributed by atoms with E-state index in [2.05, 4.69) is 27.8 Å². The smallest absolute Gasteiger partial charge is 0.315 e. The second-order valence-electron chi connectivity index (χ2n) is 16.6. The van der Waals surface area contributed by atoms with Crippen molar-refractivity contribution in [2.75, 3.05) is 18.8 Å². The molecule has 0 spiro atoms. The van der Waals surface area contributed by atoms with E-state index < -0.39 is 83.5 Å². The number of urea groups is 1. The molecule has 0 radical (unpaired) electrons. The molecule has 1 saturated heterocycles. The van der Waals surface area contributed by atoms with E-state index in [4.69, 9.17) is 23.2 Å². The van der Waals surface area contributed by atoms with Gasteiger partial charge in [-0.25, -0.2) is 13.2 Å². The summed E-state index contributed by atoms with van der Waals surface area (Å²) in [6.45, 7) is 15.6. The third-order valence-corrected chi connectivity index (χ3v) is 14.0. The number of nitrogens with one attached hydrogen (secondary N) is 4. The Balaban J connectivity index is 1.89. The van der Waals surface area contributed by atoms with Crippen LogP contribution in [0.5, 0.6) is 0 Å². The fraction of sp³-hybridized carbons (Fsp3) is 0.800. The van der Waals surface area contributed by atoms with Crippen molar-refractivity contribution in [2.24, 2.45) is 17.3 Å². The van der Waals surface area contributed by atoms with Crippen LogP contribution in [0.1, 0.15) is 106 Å². The van der Waals surface area contributed by atoms with Crippen LogP contribution < -0.4 is 21.3 Å². The summed E-state index contributed by atoms with van der Waals surface area (Å²) in [4.78, 5) is 69.3. The van der Waals surface area contributed by atoms with Crippen LogP contribution in [0.4, 0.5) is 4.79 Å². The molecule has 3 rings (SSSR count). The van der Waals surface area contributed by atoms with E-state index in [9.17, 15) is 32.4 Å². The first kappa shape index (κ1) is 42.0. The summed E-state index contributed by atoms with van der Waals surface area (Å²) in [5.74, 6) is -3.40. The number of amides is 5. The second-order valence-corrected chi connectivity index (χ2v) is 20.9. The number of carbonyl (C=O) groups excluding carboxylic acids is 5. The Morgan fingerprint density at radius 2 is 1.58 bits per heavy atom. The molecule has 1 aliphatic heterocycles. The van der Waals surface area contributed by atoms with Gasteiger partial charge in [0, 0.05) is 25.4 Å². The zero-order valence-electron chi connectivity index (χ0n) is 30.6. The van der Waals surface area contributed by atoms with E-state index >= 15 is 0 Å². The zero-order valence-corrected chi connectivity index (χ0v) is 33.0. The van der Waals surface area contributed by atoms with Crippen molar-refractivity contribution in [2.45, 2.75) is 139 Å². The van der Waals surface area contributed by atoms with Gasteiger partial charge in [0.1, 0.15) is 16.4 Å². The standard InChI is InChI=1S/C35H57Cl2N5O7S/c1-9-17-38-29(45)26(43)24(18-23-13-14-23)39-28(44)25-19-35(36,37)22(2)20-42(25)30(46)27(32(3,4)5)40-31(47)41-34(15-11-10-12-16-34)21-50(48,49)33(6,7)8/h9,22-25,27H,1,10-21H2,2-8H3,(H,38,45)(H,39,44)(H2,40,41,47)/t22?,24?,25-,27+/m0/s1. The highest BCUT2D eigenvalue weighted by Crippen LogP contribution is 2.42. The fourth-order valence-electron chi connectivity index (χ4n) is 6.54. The Hall–Kier alpha value is -2.38. The maximum Gasteiger partial charge on any atom is 0.315 e. The molecule has 0 aromatic carbocycles.